The maximum absolute atomic E-state index is 12.4. The molecule has 19 heavy (non-hydrogen) atoms. The quantitative estimate of drug-likeness (QED) is 0.906. The molecule has 0 spiro atoms. The van der Waals surface area contributed by atoms with Crippen molar-refractivity contribution in [3.63, 3.8) is 0 Å². The summed E-state index contributed by atoms with van der Waals surface area (Å²) >= 11 is 1.81. The molecular weight excluding hydrogens is 280 g/mol. The lowest BCUT2D eigenvalue weighted by Gasteiger charge is -2.25. The zero-order chi connectivity index (χ0) is 13.7. The first-order chi connectivity index (χ1) is 9.14. The van der Waals surface area contributed by atoms with Crippen LogP contribution in [0.25, 0.3) is 0 Å². The van der Waals surface area contributed by atoms with E-state index in [0.29, 0.717) is 18.0 Å². The van der Waals surface area contributed by atoms with E-state index < -0.39 is 10.0 Å². The smallest absolute Gasteiger partial charge is 0.243 e. The van der Waals surface area contributed by atoms with Crippen LogP contribution in [-0.2, 0) is 10.0 Å². The van der Waals surface area contributed by atoms with Crippen LogP contribution in [0, 0.1) is 0 Å². The highest BCUT2D eigenvalue weighted by Gasteiger charge is 2.25. The molecule has 6 heteroatoms. The fraction of sp³-hybridized carbons (Fsp3) is 0.538. The zero-order valence-corrected chi connectivity index (χ0v) is 12.8. The van der Waals surface area contributed by atoms with Crippen molar-refractivity contribution in [1.82, 2.24) is 4.31 Å². The summed E-state index contributed by atoms with van der Waals surface area (Å²) in [5.41, 5.74) is 0.968. The van der Waals surface area contributed by atoms with Crippen molar-refractivity contribution in [2.75, 3.05) is 36.5 Å². The van der Waals surface area contributed by atoms with Crippen molar-refractivity contribution in [3.8, 4) is 0 Å². The van der Waals surface area contributed by atoms with Crippen LogP contribution in [0.5, 0.6) is 0 Å². The standard InChI is InChI=1S/C13H20N2O2S2/c1-2-7-14-12-3-5-13(6-4-12)19(16,17)15-8-10-18-11-9-15/h3-6,14H,2,7-11H2,1H3. The van der Waals surface area contributed by atoms with Crippen LogP contribution >= 0.6 is 11.8 Å². The summed E-state index contributed by atoms with van der Waals surface area (Å²) in [6, 6.07) is 7.05. The Labute approximate surface area is 119 Å². The second-order valence-corrected chi connectivity index (χ2v) is 7.63. The molecule has 2 rings (SSSR count). The first kappa shape index (κ1) is 14.7. The van der Waals surface area contributed by atoms with E-state index in [1.165, 1.54) is 0 Å². The third kappa shape index (κ3) is 3.64. The van der Waals surface area contributed by atoms with Gasteiger partial charge in [-0.2, -0.15) is 16.1 Å². The Morgan fingerprint density at radius 2 is 1.84 bits per heavy atom. The molecule has 0 aromatic heterocycles. The van der Waals surface area contributed by atoms with Crippen LogP contribution in [-0.4, -0.2) is 43.9 Å². The zero-order valence-electron chi connectivity index (χ0n) is 11.1. The van der Waals surface area contributed by atoms with Gasteiger partial charge in [0.1, 0.15) is 0 Å². The molecule has 1 aromatic rings. The number of sulfonamides is 1. The Morgan fingerprint density at radius 3 is 2.42 bits per heavy atom. The van der Waals surface area contributed by atoms with Crippen LogP contribution < -0.4 is 5.32 Å². The highest BCUT2D eigenvalue weighted by molar-refractivity contribution is 7.99. The minimum absolute atomic E-state index is 0.390. The monoisotopic (exact) mass is 300 g/mol. The van der Waals surface area contributed by atoms with E-state index in [1.807, 2.05) is 12.1 Å². The number of nitrogens with zero attached hydrogens (tertiary/aromatic N) is 1. The number of benzene rings is 1. The van der Waals surface area contributed by atoms with E-state index >= 15 is 0 Å². The third-order valence-electron chi connectivity index (χ3n) is 3.04. The van der Waals surface area contributed by atoms with Gasteiger partial charge < -0.3 is 5.32 Å². The predicted octanol–water partition coefficient (Wildman–Crippen LogP) is 2.25. The van der Waals surface area contributed by atoms with E-state index in [9.17, 15) is 8.42 Å². The van der Waals surface area contributed by atoms with Crippen LogP contribution in [0.3, 0.4) is 0 Å². The molecule has 1 fully saturated rings. The fourth-order valence-corrected chi connectivity index (χ4v) is 4.53. The van der Waals surface area contributed by atoms with Crippen molar-refractivity contribution >= 4 is 27.5 Å². The van der Waals surface area contributed by atoms with Crippen LogP contribution in [0.2, 0.25) is 0 Å². The second-order valence-electron chi connectivity index (χ2n) is 4.47. The molecule has 106 valence electrons. The van der Waals surface area contributed by atoms with E-state index in [1.54, 1.807) is 28.2 Å². The molecule has 0 saturated carbocycles. The maximum atomic E-state index is 12.4. The molecule has 0 aliphatic carbocycles. The van der Waals surface area contributed by atoms with E-state index in [2.05, 4.69) is 12.2 Å². The van der Waals surface area contributed by atoms with Crippen molar-refractivity contribution in [3.05, 3.63) is 24.3 Å². The molecule has 0 unspecified atom stereocenters. The van der Waals surface area contributed by atoms with Gasteiger partial charge in [0.05, 0.1) is 4.90 Å². The lowest BCUT2D eigenvalue weighted by Crippen LogP contribution is -2.37. The molecule has 0 amide bonds. The van der Waals surface area contributed by atoms with Gasteiger partial charge in [-0.25, -0.2) is 8.42 Å². The van der Waals surface area contributed by atoms with Gasteiger partial charge >= 0.3 is 0 Å². The SMILES string of the molecule is CCCNc1ccc(S(=O)(=O)N2CCSCC2)cc1. The van der Waals surface area contributed by atoms with E-state index in [4.69, 9.17) is 0 Å². The van der Waals surface area contributed by atoms with Crippen molar-refractivity contribution < 1.29 is 8.42 Å². The van der Waals surface area contributed by atoms with Crippen molar-refractivity contribution in [1.29, 1.82) is 0 Å². The van der Waals surface area contributed by atoms with Gasteiger partial charge in [-0.3, -0.25) is 0 Å². The molecule has 1 saturated heterocycles. The number of hydrogen-bond acceptors (Lipinski definition) is 4. The highest BCUT2D eigenvalue weighted by atomic mass is 32.2. The molecule has 1 aliphatic rings. The minimum atomic E-state index is -3.31. The number of thioether (sulfide) groups is 1. The second kappa shape index (κ2) is 6.63. The van der Waals surface area contributed by atoms with Gasteiger partial charge in [0.25, 0.3) is 0 Å². The average Bonchev–Trinajstić information content (AvgIpc) is 2.46. The molecule has 0 radical (unpaired) electrons. The summed E-state index contributed by atoms with van der Waals surface area (Å²) < 4.78 is 26.4. The number of nitrogens with one attached hydrogen (secondary N) is 1. The largest absolute Gasteiger partial charge is 0.385 e. The lowest BCUT2D eigenvalue weighted by molar-refractivity contribution is 0.443. The minimum Gasteiger partial charge on any atom is -0.385 e. The maximum Gasteiger partial charge on any atom is 0.243 e. The normalized spacial score (nSPS) is 17.3. The summed E-state index contributed by atoms with van der Waals surface area (Å²) in [4.78, 5) is 0.390. The van der Waals surface area contributed by atoms with Crippen molar-refractivity contribution in [2.45, 2.75) is 18.2 Å². The summed E-state index contributed by atoms with van der Waals surface area (Å²) in [5, 5.41) is 3.24. The molecular formula is C13H20N2O2S2. The summed E-state index contributed by atoms with van der Waals surface area (Å²) in [6.07, 6.45) is 1.05. The van der Waals surface area contributed by atoms with Crippen molar-refractivity contribution in [2.24, 2.45) is 0 Å². The molecule has 4 nitrogen and oxygen atoms in total. The first-order valence-electron chi connectivity index (χ1n) is 6.56. The van der Waals surface area contributed by atoms with Gasteiger partial charge in [-0.05, 0) is 30.7 Å². The predicted molar refractivity (Wildman–Crippen MR) is 81.3 cm³/mol. The molecule has 1 heterocycles. The van der Waals surface area contributed by atoms with E-state index in [0.717, 1.165) is 30.2 Å². The molecule has 1 N–H and O–H groups in total. The molecule has 0 atom stereocenters. The summed E-state index contributed by atoms with van der Waals surface area (Å²) in [5.74, 6) is 1.77. The first-order valence-corrected chi connectivity index (χ1v) is 9.16. The Balaban J connectivity index is 2.11. The van der Waals surface area contributed by atoms with Crippen LogP contribution in [0.15, 0.2) is 29.2 Å². The Hall–Kier alpha value is -0.720. The average molecular weight is 300 g/mol. The summed E-state index contributed by atoms with van der Waals surface area (Å²) in [7, 11) is -3.31. The van der Waals surface area contributed by atoms with Gasteiger partial charge in [0.2, 0.25) is 10.0 Å². The highest BCUT2D eigenvalue weighted by Crippen LogP contribution is 2.21. The Morgan fingerprint density at radius 1 is 1.21 bits per heavy atom. The van der Waals surface area contributed by atoms with Gasteiger partial charge in [0, 0.05) is 36.8 Å². The number of rotatable bonds is 5. The Bertz CT molecular complexity index is 494. The molecule has 0 bridgehead atoms. The van der Waals surface area contributed by atoms with Crippen LogP contribution in [0.4, 0.5) is 5.69 Å². The fourth-order valence-electron chi connectivity index (χ4n) is 1.95. The summed E-state index contributed by atoms with van der Waals surface area (Å²) in [6.45, 7) is 4.22. The van der Waals surface area contributed by atoms with Gasteiger partial charge in [0.15, 0.2) is 0 Å². The van der Waals surface area contributed by atoms with E-state index in [-0.39, 0.29) is 0 Å². The lowest BCUT2D eigenvalue weighted by atomic mass is 10.3. The number of anilines is 1. The third-order valence-corrected chi connectivity index (χ3v) is 5.90. The molecule has 1 aromatic carbocycles. The number of hydrogen-bond donors (Lipinski definition) is 1. The molecule has 1 aliphatic heterocycles. The van der Waals surface area contributed by atoms with Gasteiger partial charge in [-0.15, -0.1) is 0 Å². The van der Waals surface area contributed by atoms with Crippen LogP contribution in [0.1, 0.15) is 13.3 Å². The topological polar surface area (TPSA) is 49.4 Å². The van der Waals surface area contributed by atoms with Gasteiger partial charge in [-0.1, -0.05) is 6.92 Å². The Kier molecular flexibility index (Phi) is 5.13.